The first-order chi connectivity index (χ1) is 13.9. The van der Waals surface area contributed by atoms with E-state index in [1.54, 1.807) is 28.4 Å². The molecule has 0 bridgehead atoms. The number of thiophene rings is 1. The third-order valence-corrected chi connectivity index (χ3v) is 8.62. The number of piperazine rings is 1. The van der Waals surface area contributed by atoms with Gasteiger partial charge in [0.05, 0.1) is 19.1 Å². The monoisotopic (exact) mass is 436 g/mol. The molecule has 0 saturated carbocycles. The molecule has 1 aromatic heterocycles. The molecule has 156 valence electrons. The van der Waals surface area contributed by atoms with Gasteiger partial charge in [-0.15, -0.1) is 11.3 Å². The molecule has 0 N–H and O–H groups in total. The fourth-order valence-corrected chi connectivity index (χ4v) is 6.66. The van der Waals surface area contributed by atoms with E-state index in [-0.39, 0.29) is 29.6 Å². The number of amides is 1. The van der Waals surface area contributed by atoms with Crippen LogP contribution >= 0.6 is 11.3 Å². The van der Waals surface area contributed by atoms with Crippen molar-refractivity contribution in [2.75, 3.05) is 40.4 Å². The van der Waals surface area contributed by atoms with Crippen molar-refractivity contribution in [2.45, 2.75) is 24.2 Å². The lowest BCUT2D eigenvalue weighted by molar-refractivity contribution is 0.0702. The molecule has 2 heterocycles. The molecule has 1 aliphatic carbocycles. The van der Waals surface area contributed by atoms with Crippen LogP contribution in [0.15, 0.2) is 29.2 Å². The van der Waals surface area contributed by atoms with Crippen LogP contribution in [-0.2, 0) is 22.9 Å². The highest BCUT2D eigenvalue weighted by Gasteiger charge is 2.33. The van der Waals surface area contributed by atoms with Gasteiger partial charge in [0.2, 0.25) is 10.0 Å². The summed E-state index contributed by atoms with van der Waals surface area (Å²) in [7, 11) is -0.826. The number of ether oxygens (including phenoxy) is 2. The molecule has 4 rings (SSSR count). The Morgan fingerprint density at radius 3 is 2.45 bits per heavy atom. The highest BCUT2D eigenvalue weighted by Crippen LogP contribution is 2.33. The number of nitrogens with zero attached hydrogens (tertiary/aromatic N) is 2. The van der Waals surface area contributed by atoms with Crippen molar-refractivity contribution < 1.29 is 22.7 Å². The number of rotatable bonds is 5. The largest absolute Gasteiger partial charge is 0.497 e. The number of hydrogen-bond donors (Lipinski definition) is 0. The normalized spacial score (nSPS) is 17.2. The third kappa shape index (κ3) is 3.74. The van der Waals surface area contributed by atoms with Crippen molar-refractivity contribution >= 4 is 27.3 Å². The van der Waals surface area contributed by atoms with Crippen molar-refractivity contribution in [2.24, 2.45) is 0 Å². The van der Waals surface area contributed by atoms with Crippen molar-refractivity contribution in [1.29, 1.82) is 0 Å². The van der Waals surface area contributed by atoms with E-state index in [1.807, 2.05) is 6.07 Å². The van der Waals surface area contributed by atoms with Crippen molar-refractivity contribution in [1.82, 2.24) is 9.21 Å². The molecule has 9 heteroatoms. The van der Waals surface area contributed by atoms with Gasteiger partial charge in [0, 0.05) is 37.1 Å². The molecule has 0 spiro atoms. The van der Waals surface area contributed by atoms with Gasteiger partial charge in [0.1, 0.15) is 16.4 Å². The topological polar surface area (TPSA) is 76.2 Å². The van der Waals surface area contributed by atoms with Crippen LogP contribution in [0, 0.1) is 0 Å². The summed E-state index contributed by atoms with van der Waals surface area (Å²) in [5.74, 6) is 0.724. The van der Waals surface area contributed by atoms with Gasteiger partial charge in [-0.3, -0.25) is 4.79 Å². The smallest absolute Gasteiger partial charge is 0.264 e. The number of sulfonamides is 1. The van der Waals surface area contributed by atoms with Crippen LogP contribution < -0.4 is 9.47 Å². The zero-order valence-corrected chi connectivity index (χ0v) is 18.1. The molecule has 0 radical (unpaired) electrons. The number of benzene rings is 1. The van der Waals surface area contributed by atoms with E-state index in [4.69, 9.17) is 9.47 Å². The summed E-state index contributed by atoms with van der Waals surface area (Å²) in [5.41, 5.74) is 1.30. The molecule has 2 aliphatic rings. The van der Waals surface area contributed by atoms with E-state index in [9.17, 15) is 13.2 Å². The molecule has 1 saturated heterocycles. The molecule has 2 aromatic rings. The lowest BCUT2D eigenvalue weighted by Crippen LogP contribution is -2.50. The first-order valence-corrected chi connectivity index (χ1v) is 11.8. The SMILES string of the molecule is COc1ccc(OC)c(S(=O)(=O)N2CCN(C(=O)c3cc4c(s3)CCC4)CC2)c1. The molecule has 1 amide bonds. The van der Waals surface area contributed by atoms with Crippen LogP contribution in [0.1, 0.15) is 26.5 Å². The zero-order valence-electron chi connectivity index (χ0n) is 16.5. The number of methoxy groups -OCH3 is 2. The van der Waals surface area contributed by atoms with E-state index in [2.05, 4.69) is 0 Å². The number of carbonyl (C=O) groups is 1. The van der Waals surface area contributed by atoms with Gasteiger partial charge in [0.15, 0.2) is 0 Å². The second kappa shape index (κ2) is 7.97. The van der Waals surface area contributed by atoms with Gasteiger partial charge < -0.3 is 14.4 Å². The number of carbonyl (C=O) groups excluding carboxylic acids is 1. The lowest BCUT2D eigenvalue weighted by Gasteiger charge is -2.34. The third-order valence-electron chi connectivity index (χ3n) is 5.47. The molecule has 0 unspecified atom stereocenters. The van der Waals surface area contributed by atoms with E-state index in [0.29, 0.717) is 18.8 Å². The number of hydrogen-bond acceptors (Lipinski definition) is 6. The summed E-state index contributed by atoms with van der Waals surface area (Å²) in [6.45, 7) is 1.24. The number of fused-ring (bicyclic) bond motifs is 1. The number of aryl methyl sites for hydroxylation is 2. The van der Waals surface area contributed by atoms with E-state index < -0.39 is 10.0 Å². The second-order valence-corrected chi connectivity index (χ2v) is 10.2. The predicted octanol–water partition coefficient (Wildman–Crippen LogP) is 2.40. The Hall–Kier alpha value is -2.10. The summed E-state index contributed by atoms with van der Waals surface area (Å²) in [4.78, 5) is 16.8. The van der Waals surface area contributed by atoms with Crippen LogP contribution in [0.2, 0.25) is 0 Å². The van der Waals surface area contributed by atoms with Crippen LogP contribution in [0.25, 0.3) is 0 Å². The summed E-state index contributed by atoms with van der Waals surface area (Å²) in [5, 5.41) is 0. The minimum absolute atomic E-state index is 0.000379. The average molecular weight is 437 g/mol. The summed E-state index contributed by atoms with van der Waals surface area (Å²) >= 11 is 1.58. The average Bonchev–Trinajstić information content (AvgIpc) is 3.35. The zero-order chi connectivity index (χ0) is 20.6. The first kappa shape index (κ1) is 20.2. The maximum atomic E-state index is 13.2. The first-order valence-electron chi connectivity index (χ1n) is 9.57. The fourth-order valence-electron chi connectivity index (χ4n) is 3.85. The van der Waals surface area contributed by atoms with E-state index in [1.165, 1.54) is 41.5 Å². The molecular weight excluding hydrogens is 412 g/mol. The predicted molar refractivity (Wildman–Crippen MR) is 111 cm³/mol. The molecule has 0 atom stereocenters. The molecule has 1 fully saturated rings. The van der Waals surface area contributed by atoms with Gasteiger partial charge in [-0.2, -0.15) is 4.31 Å². The van der Waals surface area contributed by atoms with Gasteiger partial charge in [-0.1, -0.05) is 0 Å². The van der Waals surface area contributed by atoms with Crippen molar-refractivity contribution in [3.63, 3.8) is 0 Å². The minimum atomic E-state index is -3.76. The van der Waals surface area contributed by atoms with Gasteiger partial charge in [-0.25, -0.2) is 8.42 Å². The highest BCUT2D eigenvalue weighted by molar-refractivity contribution is 7.89. The van der Waals surface area contributed by atoms with Crippen molar-refractivity contribution in [3.05, 3.63) is 39.6 Å². The maximum absolute atomic E-state index is 13.2. The minimum Gasteiger partial charge on any atom is -0.497 e. The molecule has 1 aliphatic heterocycles. The lowest BCUT2D eigenvalue weighted by atomic mass is 10.2. The van der Waals surface area contributed by atoms with E-state index in [0.717, 1.165) is 17.7 Å². The maximum Gasteiger partial charge on any atom is 0.264 e. The standard InChI is InChI=1S/C20H24N2O5S2/c1-26-15-6-7-16(27-2)19(13-15)29(24,25)22-10-8-21(9-11-22)20(23)18-12-14-4-3-5-17(14)28-18/h6-7,12-13H,3-5,8-11H2,1-2H3. The molecular formula is C20H24N2O5S2. The molecule has 29 heavy (non-hydrogen) atoms. The fraction of sp³-hybridized carbons (Fsp3) is 0.450. The Kier molecular flexibility index (Phi) is 5.54. The Balaban J connectivity index is 1.48. The Bertz CT molecular complexity index is 1000. The van der Waals surface area contributed by atoms with Gasteiger partial charge in [-0.05, 0) is 43.0 Å². The van der Waals surface area contributed by atoms with E-state index >= 15 is 0 Å². The Labute approximate surface area is 174 Å². The quantitative estimate of drug-likeness (QED) is 0.719. The highest BCUT2D eigenvalue weighted by atomic mass is 32.2. The Morgan fingerprint density at radius 1 is 1.03 bits per heavy atom. The van der Waals surface area contributed by atoms with Crippen LogP contribution in [0.5, 0.6) is 11.5 Å². The molecule has 7 nitrogen and oxygen atoms in total. The Morgan fingerprint density at radius 2 is 1.79 bits per heavy atom. The summed E-state index contributed by atoms with van der Waals surface area (Å²) < 4.78 is 38.1. The van der Waals surface area contributed by atoms with Crippen LogP contribution in [-0.4, -0.2) is 63.9 Å². The van der Waals surface area contributed by atoms with Gasteiger partial charge >= 0.3 is 0 Å². The summed E-state index contributed by atoms with van der Waals surface area (Å²) in [6.07, 6.45) is 3.27. The molecule has 1 aromatic carbocycles. The summed E-state index contributed by atoms with van der Waals surface area (Å²) in [6, 6.07) is 6.73. The van der Waals surface area contributed by atoms with Gasteiger partial charge in [0.25, 0.3) is 5.91 Å². The van der Waals surface area contributed by atoms with Crippen LogP contribution in [0.4, 0.5) is 0 Å². The van der Waals surface area contributed by atoms with Crippen molar-refractivity contribution in [3.8, 4) is 11.5 Å². The second-order valence-electron chi connectivity index (χ2n) is 7.13. The van der Waals surface area contributed by atoms with Crippen LogP contribution in [0.3, 0.4) is 0 Å².